The van der Waals surface area contributed by atoms with Crippen molar-refractivity contribution in [3.05, 3.63) is 30.3 Å². The number of hydrogen-bond donors (Lipinski definition) is 1. The Kier molecular flexibility index (Phi) is 5.33. The number of carbonyl (C=O) groups is 2. The van der Waals surface area contributed by atoms with Crippen LogP contribution in [0.2, 0.25) is 0 Å². The number of anilines is 1. The van der Waals surface area contributed by atoms with Gasteiger partial charge in [-0.2, -0.15) is 0 Å². The first-order valence-corrected chi connectivity index (χ1v) is 7.22. The summed E-state index contributed by atoms with van der Waals surface area (Å²) >= 11 is 0. The molecule has 5 nitrogen and oxygen atoms in total. The molecule has 0 spiro atoms. The second kappa shape index (κ2) is 7.22. The van der Waals surface area contributed by atoms with Gasteiger partial charge in [0.25, 0.3) is 0 Å². The molecule has 5 heteroatoms. The van der Waals surface area contributed by atoms with Gasteiger partial charge in [0.2, 0.25) is 5.91 Å². The van der Waals surface area contributed by atoms with Crippen LogP contribution in [0.1, 0.15) is 26.2 Å². The van der Waals surface area contributed by atoms with Crippen LogP contribution in [0.3, 0.4) is 0 Å². The molecule has 0 saturated carbocycles. The van der Waals surface area contributed by atoms with Crippen LogP contribution in [-0.2, 0) is 19.1 Å². The maximum atomic E-state index is 11.7. The minimum atomic E-state index is -0.335. The Hall–Kier alpha value is -1.88. The van der Waals surface area contributed by atoms with Gasteiger partial charge >= 0.3 is 5.97 Å². The van der Waals surface area contributed by atoms with E-state index < -0.39 is 0 Å². The number of hydrogen-bond acceptors (Lipinski definition) is 4. The maximum Gasteiger partial charge on any atom is 0.306 e. The van der Waals surface area contributed by atoms with Crippen LogP contribution in [0, 0.1) is 5.41 Å². The monoisotopic (exact) mass is 291 g/mol. The van der Waals surface area contributed by atoms with E-state index in [9.17, 15) is 9.59 Å². The van der Waals surface area contributed by atoms with Gasteiger partial charge in [0.15, 0.2) is 0 Å². The summed E-state index contributed by atoms with van der Waals surface area (Å²) in [6.07, 6.45) is 1.15. The molecule has 1 heterocycles. The molecule has 0 aromatic heterocycles. The van der Waals surface area contributed by atoms with Crippen molar-refractivity contribution in [3.63, 3.8) is 0 Å². The van der Waals surface area contributed by atoms with E-state index in [1.165, 1.54) is 0 Å². The summed E-state index contributed by atoms with van der Waals surface area (Å²) in [5.41, 5.74) is 0.717. The lowest BCUT2D eigenvalue weighted by molar-refractivity contribution is -0.170. The van der Waals surface area contributed by atoms with E-state index in [1.807, 2.05) is 18.2 Å². The molecule has 1 fully saturated rings. The average molecular weight is 291 g/mol. The zero-order valence-corrected chi connectivity index (χ0v) is 12.3. The Balaban J connectivity index is 1.65. The highest BCUT2D eigenvalue weighted by atomic mass is 16.5. The zero-order chi connectivity index (χ0) is 15.1. The third-order valence-electron chi connectivity index (χ3n) is 3.72. The number of rotatable bonds is 7. The van der Waals surface area contributed by atoms with E-state index in [-0.39, 0.29) is 30.1 Å². The molecular formula is C16H21NO4. The number of carbonyl (C=O) groups excluding carboxylic acids is 2. The van der Waals surface area contributed by atoms with Crippen LogP contribution < -0.4 is 5.32 Å². The van der Waals surface area contributed by atoms with Crippen molar-refractivity contribution in [1.29, 1.82) is 0 Å². The summed E-state index contributed by atoms with van der Waals surface area (Å²) in [6.45, 7) is 3.73. The van der Waals surface area contributed by atoms with Crippen LogP contribution in [0.5, 0.6) is 0 Å². The Morgan fingerprint density at radius 2 is 1.95 bits per heavy atom. The zero-order valence-electron chi connectivity index (χ0n) is 12.3. The summed E-state index contributed by atoms with van der Waals surface area (Å²) in [6, 6.07) is 9.17. The van der Waals surface area contributed by atoms with Crippen LogP contribution in [0.4, 0.5) is 5.69 Å². The van der Waals surface area contributed by atoms with Gasteiger partial charge in [-0.05, 0) is 18.6 Å². The molecule has 0 radical (unpaired) electrons. The van der Waals surface area contributed by atoms with Crippen LogP contribution in [-0.4, -0.2) is 31.7 Å². The van der Waals surface area contributed by atoms with E-state index in [4.69, 9.17) is 9.47 Å². The van der Waals surface area contributed by atoms with Crippen LogP contribution in [0.25, 0.3) is 0 Å². The highest BCUT2D eigenvalue weighted by Crippen LogP contribution is 2.31. The third kappa shape index (κ3) is 4.56. The van der Waals surface area contributed by atoms with Gasteiger partial charge in [-0.15, -0.1) is 0 Å². The number of nitrogens with one attached hydrogen (secondary N) is 1. The molecule has 0 bridgehead atoms. The maximum absolute atomic E-state index is 11.7. The topological polar surface area (TPSA) is 64.6 Å². The Bertz CT molecular complexity index is 477. The number of esters is 1. The minimum absolute atomic E-state index is 0.0119. The fourth-order valence-electron chi connectivity index (χ4n) is 2.05. The highest BCUT2D eigenvalue weighted by Gasteiger charge is 2.38. The molecule has 0 unspecified atom stereocenters. The third-order valence-corrected chi connectivity index (χ3v) is 3.72. The van der Waals surface area contributed by atoms with E-state index in [0.717, 1.165) is 12.1 Å². The summed E-state index contributed by atoms with van der Waals surface area (Å²) in [4.78, 5) is 23.4. The van der Waals surface area contributed by atoms with E-state index in [2.05, 4.69) is 12.2 Å². The van der Waals surface area contributed by atoms with Gasteiger partial charge in [0.05, 0.1) is 25.0 Å². The summed E-state index contributed by atoms with van der Waals surface area (Å²) in [5, 5.41) is 2.74. The molecule has 1 aliphatic rings. The molecule has 0 atom stereocenters. The Labute approximate surface area is 124 Å². The minimum Gasteiger partial charge on any atom is -0.465 e. The first-order chi connectivity index (χ1) is 10.1. The lowest BCUT2D eigenvalue weighted by Gasteiger charge is -2.39. The number of benzene rings is 1. The molecule has 1 aliphatic heterocycles. The molecule has 0 aliphatic carbocycles. The number of ether oxygens (including phenoxy) is 2. The smallest absolute Gasteiger partial charge is 0.306 e. The molecule has 1 N–H and O–H groups in total. The summed E-state index contributed by atoms with van der Waals surface area (Å²) in [5.74, 6) is -0.520. The molecule has 1 amide bonds. The molecule has 1 saturated heterocycles. The normalized spacial score (nSPS) is 15.9. The van der Waals surface area contributed by atoms with Crippen molar-refractivity contribution < 1.29 is 19.1 Å². The Morgan fingerprint density at radius 1 is 1.24 bits per heavy atom. The SMILES string of the molecule is CCC1(COC(=O)CCC(=O)Nc2ccccc2)COC1. The van der Waals surface area contributed by atoms with Crippen molar-refractivity contribution in [3.8, 4) is 0 Å². The lowest BCUT2D eigenvalue weighted by Crippen LogP contribution is -2.46. The highest BCUT2D eigenvalue weighted by molar-refractivity contribution is 5.92. The van der Waals surface area contributed by atoms with Crippen molar-refractivity contribution in [2.45, 2.75) is 26.2 Å². The molecule has 1 aromatic carbocycles. The average Bonchev–Trinajstić information content (AvgIpc) is 2.45. The first-order valence-electron chi connectivity index (χ1n) is 7.22. The number of amides is 1. The fourth-order valence-corrected chi connectivity index (χ4v) is 2.05. The second-order valence-corrected chi connectivity index (χ2v) is 5.42. The van der Waals surface area contributed by atoms with Gasteiger partial charge in [0.1, 0.15) is 6.61 Å². The largest absolute Gasteiger partial charge is 0.465 e. The Morgan fingerprint density at radius 3 is 2.52 bits per heavy atom. The van der Waals surface area contributed by atoms with Crippen molar-refractivity contribution >= 4 is 17.6 Å². The van der Waals surface area contributed by atoms with Gasteiger partial charge < -0.3 is 14.8 Å². The van der Waals surface area contributed by atoms with Crippen molar-refractivity contribution in [2.24, 2.45) is 5.41 Å². The van der Waals surface area contributed by atoms with Crippen LogP contribution >= 0.6 is 0 Å². The van der Waals surface area contributed by atoms with Gasteiger partial charge in [-0.3, -0.25) is 9.59 Å². The predicted octanol–water partition coefficient (Wildman–Crippen LogP) is 2.38. The van der Waals surface area contributed by atoms with E-state index in [1.54, 1.807) is 12.1 Å². The standard InChI is InChI=1S/C16H21NO4/c1-2-16(10-20-11-16)12-21-15(19)9-8-14(18)17-13-6-4-3-5-7-13/h3-7H,2,8-12H2,1H3,(H,17,18). The summed E-state index contributed by atoms with van der Waals surface area (Å²) < 4.78 is 10.4. The van der Waals surface area contributed by atoms with E-state index >= 15 is 0 Å². The van der Waals surface area contributed by atoms with Gasteiger partial charge in [0, 0.05) is 12.1 Å². The molecular weight excluding hydrogens is 270 g/mol. The second-order valence-electron chi connectivity index (χ2n) is 5.42. The van der Waals surface area contributed by atoms with Gasteiger partial charge in [-0.25, -0.2) is 0 Å². The van der Waals surface area contributed by atoms with Gasteiger partial charge in [-0.1, -0.05) is 25.1 Å². The van der Waals surface area contributed by atoms with Crippen molar-refractivity contribution in [1.82, 2.24) is 0 Å². The van der Waals surface area contributed by atoms with E-state index in [0.29, 0.717) is 19.8 Å². The molecule has 114 valence electrons. The quantitative estimate of drug-likeness (QED) is 0.783. The fraction of sp³-hybridized carbons (Fsp3) is 0.500. The molecule has 1 aromatic rings. The molecule has 2 rings (SSSR count). The van der Waals surface area contributed by atoms with Crippen LogP contribution in [0.15, 0.2) is 30.3 Å². The molecule has 21 heavy (non-hydrogen) atoms. The first kappa shape index (κ1) is 15.5. The van der Waals surface area contributed by atoms with Crippen molar-refractivity contribution in [2.75, 3.05) is 25.1 Å². The number of para-hydroxylation sites is 1. The predicted molar refractivity (Wildman–Crippen MR) is 78.8 cm³/mol. The lowest BCUT2D eigenvalue weighted by atomic mass is 9.84. The summed E-state index contributed by atoms with van der Waals surface area (Å²) in [7, 11) is 0.